The lowest BCUT2D eigenvalue weighted by Crippen LogP contribution is -2.45. The molecule has 2 aromatic rings. The van der Waals surface area contributed by atoms with Crippen LogP contribution in [0.3, 0.4) is 0 Å². The summed E-state index contributed by atoms with van der Waals surface area (Å²) in [6.45, 7) is 3.53. The number of benzene rings is 2. The van der Waals surface area contributed by atoms with Gasteiger partial charge in [-0.25, -0.2) is 9.59 Å². The molecule has 13 heteroatoms. The first-order valence-corrected chi connectivity index (χ1v) is 11.2. The highest BCUT2D eigenvalue weighted by Gasteiger charge is 2.32. The predicted octanol–water partition coefficient (Wildman–Crippen LogP) is 2.12. The fourth-order valence-electron chi connectivity index (χ4n) is 3.50. The third-order valence-corrected chi connectivity index (χ3v) is 5.21. The Bertz CT molecular complexity index is 1210. The summed E-state index contributed by atoms with van der Waals surface area (Å²) in [5.41, 5.74) is 4.26. The molecule has 0 spiro atoms. The zero-order valence-electron chi connectivity index (χ0n) is 20.4. The third-order valence-electron chi connectivity index (χ3n) is 5.21. The van der Waals surface area contributed by atoms with Crippen LogP contribution in [0.4, 0.5) is 10.5 Å². The van der Waals surface area contributed by atoms with Gasteiger partial charge < -0.3 is 30.0 Å². The second kappa shape index (κ2) is 12.4. The van der Waals surface area contributed by atoms with E-state index in [1.165, 1.54) is 37.6 Å². The van der Waals surface area contributed by atoms with Gasteiger partial charge in [-0.15, -0.1) is 0 Å². The maximum Gasteiger partial charge on any atom is 0.337 e. The summed E-state index contributed by atoms with van der Waals surface area (Å²) in [6.07, 6.45) is 0.221. The van der Waals surface area contributed by atoms with E-state index < -0.39 is 29.2 Å². The van der Waals surface area contributed by atoms with E-state index in [1.54, 1.807) is 32.0 Å². The van der Waals surface area contributed by atoms with E-state index in [2.05, 4.69) is 21.2 Å². The highest BCUT2D eigenvalue weighted by atomic mass is 16.6. The zero-order valence-corrected chi connectivity index (χ0v) is 20.4. The summed E-state index contributed by atoms with van der Waals surface area (Å²) in [5.74, 6) is 0.0828. The quantitative estimate of drug-likeness (QED) is 0.115. The van der Waals surface area contributed by atoms with Gasteiger partial charge in [0.05, 0.1) is 36.5 Å². The summed E-state index contributed by atoms with van der Waals surface area (Å²) < 4.78 is 16.2. The number of hydrogen-bond donors (Lipinski definition) is 4. The summed E-state index contributed by atoms with van der Waals surface area (Å²) >= 11 is 0. The number of hydrazone groups is 1. The van der Waals surface area contributed by atoms with E-state index in [0.29, 0.717) is 34.9 Å². The molecule has 4 N–H and O–H groups in total. The molecule has 2 atom stereocenters. The van der Waals surface area contributed by atoms with Crippen LogP contribution in [0.5, 0.6) is 11.5 Å². The number of nitrogens with one attached hydrogen (secondary N) is 3. The number of non-ortho nitro benzene ring substituents is 1. The van der Waals surface area contributed by atoms with Crippen molar-refractivity contribution in [2.45, 2.75) is 26.1 Å². The van der Waals surface area contributed by atoms with Gasteiger partial charge >= 0.3 is 12.0 Å². The standard InChI is InChI=1S/C24H27N5O8/c1-4-36-19-11-16(22-21(23(31)35-3)14(2)26-24(32)27-22)7-10-18(19)37-13-20(30)28-25-12-15-5-8-17(9-6-15)29(33)34/h5-12,20,22,28,30H,4,13H2,1-3H3,(H2,26,27,32)/b25-12-/t20-,22-/m1/s1. The first kappa shape index (κ1) is 26.9. The molecule has 1 heterocycles. The van der Waals surface area contributed by atoms with E-state index in [0.717, 1.165) is 0 Å². The van der Waals surface area contributed by atoms with Gasteiger partial charge in [0.2, 0.25) is 0 Å². The lowest BCUT2D eigenvalue weighted by molar-refractivity contribution is -0.384. The highest BCUT2D eigenvalue weighted by Crippen LogP contribution is 2.34. The van der Waals surface area contributed by atoms with Gasteiger partial charge in [0, 0.05) is 17.8 Å². The van der Waals surface area contributed by atoms with Gasteiger partial charge in [0.15, 0.2) is 17.7 Å². The lowest BCUT2D eigenvalue weighted by atomic mass is 9.95. The number of ether oxygens (including phenoxy) is 3. The van der Waals surface area contributed by atoms with Crippen molar-refractivity contribution in [2.75, 3.05) is 20.3 Å². The number of esters is 1. The molecule has 0 radical (unpaired) electrons. The van der Waals surface area contributed by atoms with E-state index in [1.807, 2.05) is 0 Å². The summed E-state index contributed by atoms with van der Waals surface area (Å²) in [4.78, 5) is 34.6. The SMILES string of the molecule is CCOc1cc([C@H]2NC(=O)NC(C)=C2C(=O)OC)ccc1OC[C@@H](O)N/N=C\c1ccc([N+](=O)[O-])cc1. The Morgan fingerprint density at radius 2 is 1.97 bits per heavy atom. The molecule has 1 aliphatic rings. The fraction of sp³-hybridized carbons (Fsp3) is 0.292. The summed E-state index contributed by atoms with van der Waals surface area (Å²) in [6, 6.07) is 9.41. The largest absolute Gasteiger partial charge is 0.490 e. The van der Waals surface area contributed by atoms with Gasteiger partial charge in [-0.05, 0) is 49.2 Å². The number of hydrogen-bond acceptors (Lipinski definition) is 10. The molecule has 0 aliphatic carbocycles. The number of aliphatic hydroxyl groups is 1. The minimum Gasteiger partial charge on any atom is -0.490 e. The second-order valence-corrected chi connectivity index (χ2v) is 7.76. The van der Waals surface area contributed by atoms with Gasteiger partial charge in [-0.2, -0.15) is 5.10 Å². The lowest BCUT2D eigenvalue weighted by Gasteiger charge is -2.28. The molecule has 0 bridgehead atoms. The third kappa shape index (κ3) is 6.95. The number of aliphatic hydroxyl groups excluding tert-OH is 1. The Morgan fingerprint density at radius 1 is 1.24 bits per heavy atom. The van der Waals surface area contributed by atoms with Gasteiger partial charge in [-0.1, -0.05) is 6.07 Å². The van der Waals surface area contributed by atoms with Crippen LogP contribution < -0.4 is 25.5 Å². The normalized spacial score (nSPS) is 16.0. The van der Waals surface area contributed by atoms with Gasteiger partial charge in [0.1, 0.15) is 6.61 Å². The number of carbonyl (C=O) groups excluding carboxylic acids is 2. The Labute approximate surface area is 212 Å². The van der Waals surface area contributed by atoms with Crippen LogP contribution in [0.1, 0.15) is 31.0 Å². The molecular formula is C24H27N5O8. The van der Waals surface area contributed by atoms with E-state index in [4.69, 9.17) is 14.2 Å². The van der Waals surface area contributed by atoms with Crippen molar-refractivity contribution in [2.24, 2.45) is 5.10 Å². The molecule has 0 saturated heterocycles. The van der Waals surface area contributed by atoms with E-state index in [-0.39, 0.29) is 17.9 Å². The number of amides is 2. The predicted molar refractivity (Wildman–Crippen MR) is 132 cm³/mol. The summed E-state index contributed by atoms with van der Waals surface area (Å²) in [5, 5.41) is 30.1. The van der Waals surface area contributed by atoms with E-state index >= 15 is 0 Å². The van der Waals surface area contributed by atoms with Crippen LogP contribution >= 0.6 is 0 Å². The van der Waals surface area contributed by atoms with Crippen molar-refractivity contribution in [3.63, 3.8) is 0 Å². The fourth-order valence-corrected chi connectivity index (χ4v) is 3.50. The van der Waals surface area contributed by atoms with Crippen LogP contribution in [0.2, 0.25) is 0 Å². The monoisotopic (exact) mass is 513 g/mol. The molecule has 2 amide bonds. The first-order valence-electron chi connectivity index (χ1n) is 11.2. The Balaban J connectivity index is 1.68. The molecule has 0 aromatic heterocycles. The van der Waals surface area contributed by atoms with Gasteiger partial charge in [0.25, 0.3) is 5.69 Å². The van der Waals surface area contributed by atoms with Crippen molar-refractivity contribution in [1.82, 2.24) is 16.1 Å². The molecule has 1 aliphatic heterocycles. The Kier molecular flexibility index (Phi) is 9.00. The Hall–Kier alpha value is -4.65. The minimum absolute atomic E-state index is 0.0372. The number of rotatable bonds is 11. The zero-order chi connectivity index (χ0) is 26.9. The van der Waals surface area contributed by atoms with E-state index in [9.17, 15) is 24.8 Å². The van der Waals surface area contributed by atoms with Crippen molar-refractivity contribution >= 4 is 23.9 Å². The molecule has 3 rings (SSSR count). The number of allylic oxidation sites excluding steroid dienone is 1. The maximum absolute atomic E-state index is 12.3. The first-order chi connectivity index (χ1) is 17.7. The smallest absolute Gasteiger partial charge is 0.337 e. The van der Waals surface area contributed by atoms with Crippen LogP contribution in [0.25, 0.3) is 0 Å². The van der Waals surface area contributed by atoms with Crippen LogP contribution in [-0.4, -0.2) is 54.8 Å². The van der Waals surface area contributed by atoms with Crippen molar-refractivity contribution < 1.29 is 33.8 Å². The van der Waals surface area contributed by atoms with Gasteiger partial charge in [-0.3, -0.25) is 15.5 Å². The van der Waals surface area contributed by atoms with Crippen molar-refractivity contribution in [3.05, 3.63) is 75.0 Å². The topological polar surface area (TPSA) is 174 Å². The average Bonchev–Trinajstić information content (AvgIpc) is 2.87. The number of urea groups is 1. The number of nitro groups is 1. The minimum atomic E-state index is -1.18. The van der Waals surface area contributed by atoms with Crippen LogP contribution in [0.15, 0.2) is 58.8 Å². The summed E-state index contributed by atoms with van der Waals surface area (Å²) in [7, 11) is 1.26. The molecule has 37 heavy (non-hydrogen) atoms. The molecule has 0 saturated carbocycles. The van der Waals surface area contributed by atoms with Crippen molar-refractivity contribution in [1.29, 1.82) is 0 Å². The average molecular weight is 514 g/mol. The molecular weight excluding hydrogens is 486 g/mol. The highest BCUT2D eigenvalue weighted by molar-refractivity contribution is 5.95. The number of nitro benzene ring substituents is 1. The Morgan fingerprint density at radius 3 is 2.62 bits per heavy atom. The molecule has 0 unspecified atom stereocenters. The molecule has 2 aromatic carbocycles. The number of nitrogens with zero attached hydrogens (tertiary/aromatic N) is 2. The maximum atomic E-state index is 12.3. The number of methoxy groups -OCH3 is 1. The molecule has 13 nitrogen and oxygen atoms in total. The van der Waals surface area contributed by atoms with Crippen molar-refractivity contribution in [3.8, 4) is 11.5 Å². The molecule has 0 fully saturated rings. The second-order valence-electron chi connectivity index (χ2n) is 7.76. The number of carbonyl (C=O) groups is 2. The van der Waals surface area contributed by atoms with Crippen LogP contribution in [0, 0.1) is 10.1 Å². The van der Waals surface area contributed by atoms with Crippen LogP contribution in [-0.2, 0) is 9.53 Å². The molecule has 196 valence electrons.